The lowest BCUT2D eigenvalue weighted by Crippen LogP contribution is -2.33. The fourth-order valence-corrected chi connectivity index (χ4v) is 2.78. The molecule has 0 unspecified atom stereocenters. The second kappa shape index (κ2) is 3.56. The molecular formula is C12H10FN3S. The number of nitrogens with zero attached hydrogens (tertiary/aromatic N) is 1. The highest BCUT2D eigenvalue weighted by Gasteiger charge is 2.12. The number of pyridine rings is 1. The minimum atomic E-state index is -0.365. The van der Waals surface area contributed by atoms with Crippen LogP contribution >= 0.6 is 11.3 Å². The lowest BCUT2D eigenvalue weighted by atomic mass is 10.2. The molecule has 0 amide bonds. The third-order valence-electron chi connectivity index (χ3n) is 2.64. The molecule has 1 aliphatic heterocycles. The summed E-state index contributed by atoms with van der Waals surface area (Å²) in [7, 11) is 0. The maximum atomic E-state index is 13.1. The number of halogens is 1. The third kappa shape index (κ3) is 1.59. The van der Waals surface area contributed by atoms with Gasteiger partial charge in [-0.25, -0.2) is 4.39 Å². The van der Waals surface area contributed by atoms with Gasteiger partial charge in [0.2, 0.25) is 0 Å². The van der Waals surface area contributed by atoms with E-state index >= 15 is 0 Å². The fourth-order valence-electron chi connectivity index (χ4n) is 1.88. The summed E-state index contributed by atoms with van der Waals surface area (Å²) in [6, 6.07) is 3.43. The molecule has 86 valence electrons. The van der Waals surface area contributed by atoms with Crippen molar-refractivity contribution in [3.05, 3.63) is 45.2 Å². The van der Waals surface area contributed by atoms with Crippen LogP contribution < -0.4 is 21.6 Å². The average molecular weight is 247 g/mol. The number of fused-ring (bicyclic) bond motifs is 2. The minimum Gasteiger partial charge on any atom is -0.396 e. The molecular weight excluding hydrogens is 237 g/mol. The molecule has 0 atom stereocenters. The summed E-state index contributed by atoms with van der Waals surface area (Å²) < 4.78 is 13.1. The molecule has 0 aliphatic carbocycles. The largest absolute Gasteiger partial charge is 0.396 e. The zero-order valence-electron chi connectivity index (χ0n) is 9.12. The van der Waals surface area contributed by atoms with Gasteiger partial charge < -0.3 is 11.1 Å². The van der Waals surface area contributed by atoms with Gasteiger partial charge in [-0.15, -0.1) is 11.3 Å². The molecule has 0 fully saturated rings. The molecule has 3 N–H and O–H groups in total. The number of anilines is 1. The number of rotatable bonds is 0. The number of thiophene rings is 1. The van der Waals surface area contributed by atoms with Crippen LogP contribution in [0.3, 0.4) is 0 Å². The number of aryl methyl sites for hydroxylation is 1. The lowest BCUT2D eigenvalue weighted by Gasteiger charge is -1.99. The Hall–Kier alpha value is -1.88. The van der Waals surface area contributed by atoms with Crippen molar-refractivity contribution in [1.29, 1.82) is 0 Å². The van der Waals surface area contributed by atoms with Crippen molar-refractivity contribution in [2.24, 2.45) is 5.73 Å². The van der Waals surface area contributed by atoms with Crippen molar-refractivity contribution in [3.63, 3.8) is 0 Å². The van der Waals surface area contributed by atoms with Gasteiger partial charge in [-0.05, 0) is 19.1 Å². The fraction of sp³-hybridized carbons (Fsp3) is 0.0833. The van der Waals surface area contributed by atoms with E-state index in [4.69, 9.17) is 5.73 Å². The van der Waals surface area contributed by atoms with Crippen molar-refractivity contribution < 1.29 is 4.39 Å². The van der Waals surface area contributed by atoms with Crippen LogP contribution in [-0.2, 0) is 0 Å². The summed E-state index contributed by atoms with van der Waals surface area (Å²) in [6.45, 7) is 2.02. The van der Waals surface area contributed by atoms with Crippen LogP contribution in [0.5, 0.6) is 0 Å². The van der Waals surface area contributed by atoms with Crippen LogP contribution in [0.15, 0.2) is 18.3 Å². The van der Waals surface area contributed by atoms with Gasteiger partial charge in [0.15, 0.2) is 0 Å². The summed E-state index contributed by atoms with van der Waals surface area (Å²) >= 11 is 1.62. The Balaban J connectivity index is 2.41. The van der Waals surface area contributed by atoms with Gasteiger partial charge in [-0.3, -0.25) is 4.98 Å². The van der Waals surface area contributed by atoms with Gasteiger partial charge in [-0.1, -0.05) is 0 Å². The summed E-state index contributed by atoms with van der Waals surface area (Å²) in [5, 5.41) is 5.41. The van der Waals surface area contributed by atoms with E-state index in [1.165, 1.54) is 17.1 Å². The maximum Gasteiger partial charge on any atom is 0.142 e. The molecule has 0 radical (unpaired) electrons. The minimum absolute atomic E-state index is 0.365. The average Bonchev–Trinajstić information content (AvgIpc) is 2.62. The predicted octanol–water partition coefficient (Wildman–Crippen LogP) is 0.869. The van der Waals surface area contributed by atoms with E-state index in [-0.39, 0.29) is 5.82 Å². The van der Waals surface area contributed by atoms with E-state index in [0.29, 0.717) is 16.3 Å². The summed E-state index contributed by atoms with van der Waals surface area (Å²) in [5.74, 6) is -0.365. The Morgan fingerprint density at radius 2 is 2.24 bits per heavy atom. The van der Waals surface area contributed by atoms with Gasteiger partial charge in [0.05, 0.1) is 17.2 Å². The number of aromatic nitrogens is 1. The van der Waals surface area contributed by atoms with E-state index in [1.54, 1.807) is 17.5 Å². The molecule has 0 bridgehead atoms. The van der Waals surface area contributed by atoms with Crippen LogP contribution in [0.1, 0.15) is 10.4 Å². The van der Waals surface area contributed by atoms with Crippen molar-refractivity contribution in [2.45, 2.75) is 6.92 Å². The van der Waals surface area contributed by atoms with E-state index in [9.17, 15) is 4.39 Å². The standard InChI is InChI=1S/C12H10FN3S/c1-6-2-9-10(14)11-7(3-8(13)5-15-11)4-16-12(9)17-6/h2-5,16H,14H2,1H3. The highest BCUT2D eigenvalue weighted by Crippen LogP contribution is 2.30. The van der Waals surface area contributed by atoms with Crippen molar-refractivity contribution in [2.75, 3.05) is 5.32 Å². The molecule has 0 saturated heterocycles. The van der Waals surface area contributed by atoms with Crippen LogP contribution in [0.2, 0.25) is 0 Å². The lowest BCUT2D eigenvalue weighted by molar-refractivity contribution is 0.618. The maximum absolute atomic E-state index is 13.1. The van der Waals surface area contributed by atoms with E-state index in [0.717, 1.165) is 10.6 Å². The first-order valence-electron chi connectivity index (χ1n) is 5.14. The Kier molecular flexibility index (Phi) is 2.16. The number of hydrogen-bond donors (Lipinski definition) is 2. The zero-order chi connectivity index (χ0) is 12.0. The van der Waals surface area contributed by atoms with Crippen LogP contribution in [0.4, 0.5) is 9.39 Å². The molecule has 0 saturated carbocycles. The van der Waals surface area contributed by atoms with E-state index < -0.39 is 0 Å². The highest BCUT2D eigenvalue weighted by atomic mass is 32.1. The molecule has 17 heavy (non-hydrogen) atoms. The summed E-state index contributed by atoms with van der Waals surface area (Å²) in [4.78, 5) is 5.24. The molecule has 5 heteroatoms. The molecule has 3 heterocycles. The summed E-state index contributed by atoms with van der Waals surface area (Å²) in [6.07, 6.45) is 2.92. The van der Waals surface area contributed by atoms with Crippen LogP contribution in [-0.4, -0.2) is 4.98 Å². The molecule has 3 nitrogen and oxygen atoms in total. The van der Waals surface area contributed by atoms with Gasteiger partial charge >= 0.3 is 0 Å². The molecule has 0 aromatic carbocycles. The first-order chi connectivity index (χ1) is 8.15. The van der Waals surface area contributed by atoms with Crippen molar-refractivity contribution in [1.82, 2.24) is 4.98 Å². The van der Waals surface area contributed by atoms with Gasteiger partial charge in [-0.2, -0.15) is 0 Å². The third-order valence-corrected chi connectivity index (χ3v) is 3.62. The van der Waals surface area contributed by atoms with E-state index in [2.05, 4.69) is 10.3 Å². The van der Waals surface area contributed by atoms with Gasteiger partial charge in [0.25, 0.3) is 0 Å². The first-order valence-corrected chi connectivity index (χ1v) is 5.95. The highest BCUT2D eigenvalue weighted by molar-refractivity contribution is 7.16. The summed E-state index contributed by atoms with van der Waals surface area (Å²) in [5.41, 5.74) is 7.62. The number of hydrogen-bond acceptors (Lipinski definition) is 4. The second-order valence-corrected chi connectivity index (χ2v) is 5.15. The quantitative estimate of drug-likeness (QED) is 0.726. The molecule has 2 aromatic heterocycles. The Morgan fingerprint density at radius 1 is 1.41 bits per heavy atom. The Morgan fingerprint density at radius 3 is 3.06 bits per heavy atom. The number of nitrogens with one attached hydrogen (secondary N) is 1. The monoisotopic (exact) mass is 247 g/mol. The Bertz CT molecular complexity index is 718. The SMILES string of the molecule is Cc1cc2c(s1)NC=c1cc(F)cnc1=C2N. The van der Waals surface area contributed by atoms with Crippen molar-refractivity contribution in [3.8, 4) is 0 Å². The second-order valence-electron chi connectivity index (χ2n) is 3.89. The number of nitrogens with two attached hydrogens (primary N) is 1. The van der Waals surface area contributed by atoms with Crippen LogP contribution in [0, 0.1) is 12.7 Å². The predicted molar refractivity (Wildman–Crippen MR) is 67.3 cm³/mol. The molecule has 2 aromatic rings. The zero-order valence-corrected chi connectivity index (χ0v) is 9.94. The molecule has 0 spiro atoms. The molecule has 3 rings (SSSR count). The van der Waals surface area contributed by atoms with Gasteiger partial charge in [0, 0.05) is 21.9 Å². The van der Waals surface area contributed by atoms with Crippen LogP contribution in [0.25, 0.3) is 11.9 Å². The normalized spacial score (nSPS) is 13.2. The van der Waals surface area contributed by atoms with Gasteiger partial charge in [0.1, 0.15) is 10.8 Å². The molecule has 1 aliphatic rings. The Labute approximate surface area is 101 Å². The first kappa shape index (κ1) is 10.3. The topological polar surface area (TPSA) is 50.9 Å². The smallest absolute Gasteiger partial charge is 0.142 e. The van der Waals surface area contributed by atoms with Crippen molar-refractivity contribution >= 4 is 28.2 Å². The van der Waals surface area contributed by atoms with E-state index in [1.807, 2.05) is 13.0 Å².